The second-order valence-corrected chi connectivity index (χ2v) is 4.48. The van der Waals surface area contributed by atoms with Gasteiger partial charge in [-0.05, 0) is 18.3 Å². The summed E-state index contributed by atoms with van der Waals surface area (Å²) in [6.45, 7) is 8.02. The lowest BCUT2D eigenvalue weighted by Gasteiger charge is -2.33. The van der Waals surface area contributed by atoms with Crippen LogP contribution >= 0.6 is 0 Å². The highest BCUT2D eigenvalue weighted by atomic mass is 16.3. The molecule has 1 atom stereocenters. The Morgan fingerprint density at radius 3 is 2.45 bits per heavy atom. The van der Waals surface area contributed by atoms with Crippen LogP contribution in [0.5, 0.6) is 0 Å². The molecular formula is C9H19NO. The third kappa shape index (κ3) is 1.94. The van der Waals surface area contributed by atoms with E-state index in [1.807, 2.05) is 0 Å². The lowest BCUT2D eigenvalue weighted by molar-refractivity contribution is 0.0502. The van der Waals surface area contributed by atoms with Crippen molar-refractivity contribution >= 4 is 0 Å². The van der Waals surface area contributed by atoms with Crippen LogP contribution in [0.15, 0.2) is 0 Å². The van der Waals surface area contributed by atoms with Gasteiger partial charge in [-0.15, -0.1) is 0 Å². The van der Waals surface area contributed by atoms with Crippen LogP contribution in [0.1, 0.15) is 33.6 Å². The maximum atomic E-state index is 9.03. The Balaban J connectivity index is 2.57. The first-order valence-corrected chi connectivity index (χ1v) is 4.40. The number of nitrogens with zero attached hydrogens (tertiary/aromatic N) is 1. The highest BCUT2D eigenvalue weighted by Crippen LogP contribution is 2.31. The average molecular weight is 157 g/mol. The van der Waals surface area contributed by atoms with E-state index >= 15 is 0 Å². The SMILES string of the molecule is CC(C)(C)C1CCCN1CO. The highest BCUT2D eigenvalue weighted by Gasteiger charge is 2.33. The third-order valence-electron chi connectivity index (χ3n) is 2.54. The molecule has 1 unspecified atom stereocenters. The number of hydrogen-bond acceptors (Lipinski definition) is 2. The van der Waals surface area contributed by atoms with E-state index < -0.39 is 0 Å². The molecule has 0 saturated carbocycles. The summed E-state index contributed by atoms with van der Waals surface area (Å²) in [4.78, 5) is 2.17. The molecule has 0 bridgehead atoms. The minimum absolute atomic E-state index is 0.224. The summed E-state index contributed by atoms with van der Waals surface area (Å²) in [5.74, 6) is 0. The van der Waals surface area contributed by atoms with Gasteiger partial charge in [-0.2, -0.15) is 0 Å². The first-order valence-electron chi connectivity index (χ1n) is 4.40. The van der Waals surface area contributed by atoms with Crippen LogP contribution in [-0.4, -0.2) is 29.3 Å². The van der Waals surface area contributed by atoms with Gasteiger partial charge in [0.05, 0.1) is 6.73 Å². The van der Waals surface area contributed by atoms with Crippen LogP contribution in [-0.2, 0) is 0 Å². The summed E-state index contributed by atoms with van der Waals surface area (Å²) in [5, 5.41) is 9.03. The molecule has 1 aliphatic heterocycles. The molecule has 1 fully saturated rings. The normalized spacial score (nSPS) is 27.8. The minimum Gasteiger partial charge on any atom is -0.381 e. The molecule has 1 saturated heterocycles. The Bertz CT molecular complexity index is 128. The van der Waals surface area contributed by atoms with Crippen molar-refractivity contribution in [1.82, 2.24) is 4.90 Å². The van der Waals surface area contributed by atoms with E-state index in [4.69, 9.17) is 5.11 Å². The molecule has 2 heteroatoms. The molecule has 0 radical (unpaired) electrons. The molecule has 2 nitrogen and oxygen atoms in total. The summed E-state index contributed by atoms with van der Waals surface area (Å²) < 4.78 is 0. The Morgan fingerprint density at radius 1 is 1.45 bits per heavy atom. The Labute approximate surface area is 69.2 Å². The lowest BCUT2D eigenvalue weighted by Crippen LogP contribution is -2.39. The fraction of sp³-hybridized carbons (Fsp3) is 1.00. The number of hydrogen-bond donors (Lipinski definition) is 1. The van der Waals surface area contributed by atoms with Gasteiger partial charge in [0.25, 0.3) is 0 Å². The molecule has 1 N–H and O–H groups in total. The molecule has 0 aromatic heterocycles. The minimum atomic E-state index is 0.224. The van der Waals surface area contributed by atoms with Gasteiger partial charge in [0.1, 0.15) is 0 Å². The third-order valence-corrected chi connectivity index (χ3v) is 2.54. The molecule has 1 rings (SSSR count). The van der Waals surface area contributed by atoms with E-state index in [-0.39, 0.29) is 6.73 Å². The van der Waals surface area contributed by atoms with E-state index in [9.17, 15) is 0 Å². The molecular weight excluding hydrogens is 138 g/mol. The van der Waals surface area contributed by atoms with Crippen molar-refractivity contribution in [2.75, 3.05) is 13.3 Å². The van der Waals surface area contributed by atoms with E-state index in [1.54, 1.807) is 0 Å². The number of aliphatic hydroxyl groups excluding tert-OH is 1. The van der Waals surface area contributed by atoms with E-state index in [0.29, 0.717) is 11.5 Å². The van der Waals surface area contributed by atoms with Gasteiger partial charge in [-0.1, -0.05) is 20.8 Å². The first kappa shape index (κ1) is 9.01. The van der Waals surface area contributed by atoms with Crippen LogP contribution in [0.4, 0.5) is 0 Å². The number of rotatable bonds is 1. The maximum Gasteiger partial charge on any atom is 0.0959 e. The molecule has 11 heavy (non-hydrogen) atoms. The smallest absolute Gasteiger partial charge is 0.0959 e. The van der Waals surface area contributed by atoms with Crippen molar-refractivity contribution in [3.63, 3.8) is 0 Å². The predicted octanol–water partition coefficient (Wildman–Crippen LogP) is 1.45. The first-order chi connectivity index (χ1) is 5.05. The largest absolute Gasteiger partial charge is 0.381 e. The monoisotopic (exact) mass is 157 g/mol. The fourth-order valence-corrected chi connectivity index (χ4v) is 1.98. The van der Waals surface area contributed by atoms with Crippen LogP contribution in [0, 0.1) is 5.41 Å². The average Bonchev–Trinajstić information content (AvgIpc) is 2.31. The molecule has 1 heterocycles. The second kappa shape index (κ2) is 3.11. The standard InChI is InChI=1S/C9H19NO/c1-9(2,3)8-5-4-6-10(8)7-11/h8,11H,4-7H2,1-3H3. The van der Waals surface area contributed by atoms with Gasteiger partial charge in [0, 0.05) is 12.6 Å². The van der Waals surface area contributed by atoms with Crippen LogP contribution < -0.4 is 0 Å². The maximum absolute atomic E-state index is 9.03. The van der Waals surface area contributed by atoms with E-state index in [2.05, 4.69) is 25.7 Å². The fourth-order valence-electron chi connectivity index (χ4n) is 1.98. The summed E-state index contributed by atoms with van der Waals surface area (Å²) in [5.41, 5.74) is 0.319. The zero-order valence-corrected chi connectivity index (χ0v) is 7.80. The Hall–Kier alpha value is -0.0800. The molecule has 0 aromatic rings. The summed E-state index contributed by atoms with van der Waals surface area (Å²) in [6, 6.07) is 0.576. The van der Waals surface area contributed by atoms with Crippen molar-refractivity contribution in [3.05, 3.63) is 0 Å². The molecule has 0 amide bonds. The lowest BCUT2D eigenvalue weighted by atomic mass is 9.85. The molecule has 66 valence electrons. The Kier molecular flexibility index (Phi) is 2.55. The quantitative estimate of drug-likeness (QED) is 0.622. The molecule has 0 spiro atoms. The van der Waals surface area contributed by atoms with Gasteiger partial charge < -0.3 is 5.11 Å². The van der Waals surface area contributed by atoms with E-state index in [1.165, 1.54) is 12.8 Å². The summed E-state index contributed by atoms with van der Waals surface area (Å²) in [7, 11) is 0. The molecule has 0 aromatic carbocycles. The zero-order chi connectivity index (χ0) is 8.48. The second-order valence-electron chi connectivity index (χ2n) is 4.48. The van der Waals surface area contributed by atoms with E-state index in [0.717, 1.165) is 6.54 Å². The number of likely N-dealkylation sites (tertiary alicyclic amines) is 1. The topological polar surface area (TPSA) is 23.5 Å². The van der Waals surface area contributed by atoms with Crippen LogP contribution in [0.2, 0.25) is 0 Å². The van der Waals surface area contributed by atoms with Gasteiger partial charge in [0.2, 0.25) is 0 Å². The summed E-state index contributed by atoms with van der Waals surface area (Å²) >= 11 is 0. The van der Waals surface area contributed by atoms with Crippen molar-refractivity contribution < 1.29 is 5.11 Å². The molecule has 0 aliphatic carbocycles. The van der Waals surface area contributed by atoms with Crippen molar-refractivity contribution in [1.29, 1.82) is 0 Å². The van der Waals surface area contributed by atoms with Crippen molar-refractivity contribution in [2.45, 2.75) is 39.7 Å². The predicted molar refractivity (Wildman–Crippen MR) is 46.3 cm³/mol. The van der Waals surface area contributed by atoms with Crippen molar-refractivity contribution in [3.8, 4) is 0 Å². The van der Waals surface area contributed by atoms with Gasteiger partial charge in [-0.25, -0.2) is 0 Å². The number of aliphatic hydroxyl groups is 1. The van der Waals surface area contributed by atoms with Gasteiger partial charge >= 0.3 is 0 Å². The zero-order valence-electron chi connectivity index (χ0n) is 7.80. The highest BCUT2D eigenvalue weighted by molar-refractivity contribution is 4.86. The molecule has 1 aliphatic rings. The van der Waals surface area contributed by atoms with Crippen molar-refractivity contribution in [2.24, 2.45) is 5.41 Å². The summed E-state index contributed by atoms with van der Waals surface area (Å²) in [6.07, 6.45) is 2.48. The van der Waals surface area contributed by atoms with Crippen LogP contribution in [0.25, 0.3) is 0 Å². The van der Waals surface area contributed by atoms with Gasteiger partial charge in [0.15, 0.2) is 0 Å². The Morgan fingerprint density at radius 2 is 2.09 bits per heavy atom. The van der Waals surface area contributed by atoms with Gasteiger partial charge in [-0.3, -0.25) is 4.90 Å². The van der Waals surface area contributed by atoms with Crippen LogP contribution in [0.3, 0.4) is 0 Å².